The summed E-state index contributed by atoms with van der Waals surface area (Å²) in [6.07, 6.45) is 4.06. The maximum atomic E-state index is 12.5. The molecule has 2 amide bonds. The third-order valence-electron chi connectivity index (χ3n) is 4.16. The fraction of sp³-hybridized carbons (Fsp3) is 0.389. The summed E-state index contributed by atoms with van der Waals surface area (Å²) in [5.74, 6) is -0.273. The van der Waals surface area contributed by atoms with Crippen LogP contribution in [0.5, 0.6) is 0 Å². The van der Waals surface area contributed by atoms with Crippen molar-refractivity contribution in [3.8, 4) is 0 Å². The van der Waals surface area contributed by atoms with Gasteiger partial charge in [-0.1, -0.05) is 28.1 Å². The number of thioether (sulfide) groups is 1. The number of hydrogen-bond acceptors (Lipinski definition) is 5. The Morgan fingerprint density at radius 1 is 1.41 bits per heavy atom. The van der Waals surface area contributed by atoms with Gasteiger partial charge in [-0.2, -0.15) is 0 Å². The summed E-state index contributed by atoms with van der Waals surface area (Å²) in [7, 11) is 0. The molecule has 0 aromatic heterocycles. The van der Waals surface area contributed by atoms with Crippen LogP contribution in [0.25, 0.3) is 6.08 Å². The van der Waals surface area contributed by atoms with Crippen molar-refractivity contribution >= 4 is 62.2 Å². The van der Waals surface area contributed by atoms with Crippen LogP contribution >= 0.6 is 39.9 Å². The standard InChI is InChI=1S/C18H20BrN3O3S2/c19-13-4-1-3-12(9-13)10-15-16(23)22(18(24)27-15)7-6-20-17(26)21-11-14-5-2-8-25-14/h1,3-4,9-10,14H,2,5-8,11H2,(H2,20,21,26)/b15-10-/t14-/m1/s1. The first-order valence-corrected chi connectivity index (χ1v) is 10.7. The van der Waals surface area contributed by atoms with Gasteiger partial charge in [0.25, 0.3) is 11.1 Å². The van der Waals surface area contributed by atoms with Crippen molar-refractivity contribution in [2.75, 3.05) is 26.2 Å². The van der Waals surface area contributed by atoms with Gasteiger partial charge in [0.05, 0.1) is 11.0 Å². The van der Waals surface area contributed by atoms with Gasteiger partial charge in [0.1, 0.15) is 0 Å². The molecule has 0 saturated carbocycles. The van der Waals surface area contributed by atoms with Gasteiger partial charge in [0.2, 0.25) is 0 Å². The van der Waals surface area contributed by atoms with Gasteiger partial charge in [-0.05, 0) is 60.6 Å². The highest BCUT2D eigenvalue weighted by atomic mass is 79.9. The molecule has 1 aromatic carbocycles. The lowest BCUT2D eigenvalue weighted by atomic mass is 10.2. The highest BCUT2D eigenvalue weighted by molar-refractivity contribution is 9.10. The molecule has 2 fully saturated rings. The molecule has 144 valence electrons. The zero-order valence-corrected chi connectivity index (χ0v) is 17.8. The van der Waals surface area contributed by atoms with E-state index in [1.807, 2.05) is 24.3 Å². The van der Waals surface area contributed by atoms with E-state index in [-0.39, 0.29) is 23.8 Å². The van der Waals surface area contributed by atoms with Crippen molar-refractivity contribution in [1.82, 2.24) is 15.5 Å². The minimum Gasteiger partial charge on any atom is -0.376 e. The Bertz CT molecular complexity index is 766. The number of nitrogens with one attached hydrogen (secondary N) is 2. The number of imide groups is 1. The number of hydrogen-bond donors (Lipinski definition) is 2. The van der Waals surface area contributed by atoms with E-state index in [1.54, 1.807) is 6.08 Å². The van der Waals surface area contributed by atoms with Gasteiger partial charge >= 0.3 is 0 Å². The molecule has 0 unspecified atom stereocenters. The largest absolute Gasteiger partial charge is 0.376 e. The van der Waals surface area contributed by atoms with Gasteiger partial charge < -0.3 is 15.4 Å². The van der Waals surface area contributed by atoms with Crippen LogP contribution in [-0.4, -0.2) is 53.5 Å². The highest BCUT2D eigenvalue weighted by Crippen LogP contribution is 2.32. The lowest BCUT2D eigenvalue weighted by Crippen LogP contribution is -2.43. The van der Waals surface area contributed by atoms with Crippen molar-refractivity contribution in [3.63, 3.8) is 0 Å². The first kappa shape index (κ1) is 20.3. The topological polar surface area (TPSA) is 70.7 Å². The predicted octanol–water partition coefficient (Wildman–Crippen LogP) is 3.13. The van der Waals surface area contributed by atoms with Gasteiger partial charge in [-0.25, -0.2) is 0 Å². The summed E-state index contributed by atoms with van der Waals surface area (Å²) in [4.78, 5) is 26.3. The third kappa shape index (κ3) is 5.78. The zero-order chi connectivity index (χ0) is 19.2. The van der Waals surface area contributed by atoms with Gasteiger partial charge in [-0.15, -0.1) is 0 Å². The third-order valence-corrected chi connectivity index (χ3v) is 5.84. The Morgan fingerprint density at radius 2 is 2.26 bits per heavy atom. The maximum absolute atomic E-state index is 12.5. The molecule has 2 aliphatic rings. The number of halogens is 1. The monoisotopic (exact) mass is 469 g/mol. The first-order chi connectivity index (χ1) is 13.0. The van der Waals surface area contributed by atoms with Crippen LogP contribution in [0.15, 0.2) is 33.6 Å². The fourth-order valence-corrected chi connectivity index (χ4v) is 4.26. The first-order valence-electron chi connectivity index (χ1n) is 8.67. The minimum absolute atomic E-state index is 0.202. The normalized spacial score (nSPS) is 21.1. The van der Waals surface area contributed by atoms with E-state index < -0.39 is 0 Å². The molecule has 9 heteroatoms. The molecule has 2 aliphatic heterocycles. The number of carbonyl (C=O) groups excluding carboxylic acids is 2. The number of ether oxygens (including phenoxy) is 1. The molecule has 27 heavy (non-hydrogen) atoms. The lowest BCUT2D eigenvalue weighted by molar-refractivity contribution is -0.122. The fourth-order valence-electron chi connectivity index (χ4n) is 2.80. The van der Waals surface area contributed by atoms with Gasteiger partial charge in [-0.3, -0.25) is 14.5 Å². The summed E-state index contributed by atoms with van der Waals surface area (Å²) >= 11 is 9.58. The average Bonchev–Trinajstić information content (AvgIpc) is 3.24. The predicted molar refractivity (Wildman–Crippen MR) is 114 cm³/mol. The number of thiocarbonyl (C=S) groups is 1. The van der Waals surface area contributed by atoms with Crippen molar-refractivity contribution in [1.29, 1.82) is 0 Å². The SMILES string of the molecule is O=C1S/C(=C\c2cccc(Br)c2)C(=O)N1CCNC(=S)NC[C@H]1CCCO1. The smallest absolute Gasteiger partial charge is 0.293 e. The number of amides is 2. The second-order valence-corrected chi connectivity index (χ2v) is 8.48. The van der Waals surface area contributed by atoms with E-state index >= 15 is 0 Å². The van der Waals surface area contributed by atoms with Crippen LogP contribution in [0.1, 0.15) is 18.4 Å². The molecule has 0 spiro atoms. The van der Waals surface area contributed by atoms with Crippen molar-refractivity contribution in [2.24, 2.45) is 0 Å². The van der Waals surface area contributed by atoms with Crippen LogP contribution < -0.4 is 10.6 Å². The number of carbonyl (C=O) groups is 2. The minimum atomic E-state index is -0.273. The maximum Gasteiger partial charge on any atom is 0.293 e. The molecule has 0 bridgehead atoms. The molecule has 0 aliphatic carbocycles. The Kier molecular flexibility index (Phi) is 7.28. The Labute approximate surface area is 176 Å². The molecule has 1 aromatic rings. The van der Waals surface area contributed by atoms with E-state index in [2.05, 4.69) is 26.6 Å². The van der Waals surface area contributed by atoms with Crippen LogP contribution in [-0.2, 0) is 9.53 Å². The summed E-state index contributed by atoms with van der Waals surface area (Å²) in [6, 6.07) is 7.57. The summed E-state index contributed by atoms with van der Waals surface area (Å²) in [5.41, 5.74) is 0.868. The van der Waals surface area contributed by atoms with Crippen molar-refractivity contribution in [2.45, 2.75) is 18.9 Å². The van der Waals surface area contributed by atoms with Crippen LogP contribution in [0.2, 0.25) is 0 Å². The van der Waals surface area contributed by atoms with Crippen molar-refractivity contribution in [3.05, 3.63) is 39.2 Å². The molecule has 2 saturated heterocycles. The van der Waals surface area contributed by atoms with E-state index in [1.165, 1.54) is 4.90 Å². The summed E-state index contributed by atoms with van der Waals surface area (Å²) < 4.78 is 6.45. The molecule has 3 rings (SSSR count). The number of nitrogens with zero attached hydrogens (tertiary/aromatic N) is 1. The van der Waals surface area contributed by atoms with Gasteiger partial charge in [0.15, 0.2) is 5.11 Å². The zero-order valence-electron chi connectivity index (χ0n) is 14.6. The summed E-state index contributed by atoms with van der Waals surface area (Å²) in [6.45, 7) is 2.14. The Balaban J connectivity index is 1.46. The second-order valence-electron chi connectivity index (χ2n) is 6.16. The summed E-state index contributed by atoms with van der Waals surface area (Å²) in [5, 5.41) is 6.37. The molecular weight excluding hydrogens is 450 g/mol. The van der Waals surface area contributed by atoms with Crippen molar-refractivity contribution < 1.29 is 14.3 Å². The molecule has 2 heterocycles. The van der Waals surface area contributed by atoms with E-state index in [4.69, 9.17) is 17.0 Å². The Hall–Kier alpha value is -1.42. The highest BCUT2D eigenvalue weighted by Gasteiger charge is 2.34. The molecule has 0 radical (unpaired) electrons. The molecule has 2 N–H and O–H groups in total. The van der Waals surface area contributed by atoms with Crippen LogP contribution in [0.4, 0.5) is 4.79 Å². The number of benzene rings is 1. The molecule has 6 nitrogen and oxygen atoms in total. The Morgan fingerprint density at radius 3 is 3.00 bits per heavy atom. The average molecular weight is 470 g/mol. The van der Waals surface area contributed by atoms with Gasteiger partial charge in [0, 0.05) is 30.7 Å². The second kappa shape index (κ2) is 9.68. The van der Waals surface area contributed by atoms with Crippen LogP contribution in [0.3, 0.4) is 0 Å². The van der Waals surface area contributed by atoms with E-state index in [0.29, 0.717) is 23.1 Å². The molecule has 1 atom stereocenters. The number of rotatable bonds is 6. The van der Waals surface area contributed by atoms with E-state index in [0.717, 1.165) is 41.2 Å². The molecular formula is C18H20BrN3O3S2. The van der Waals surface area contributed by atoms with E-state index in [9.17, 15) is 9.59 Å². The van der Waals surface area contributed by atoms with Crippen LogP contribution in [0, 0.1) is 0 Å². The lowest BCUT2D eigenvalue weighted by Gasteiger charge is -2.16. The quantitative estimate of drug-likeness (QED) is 0.489.